The van der Waals surface area contributed by atoms with Crippen LogP contribution in [-0.2, 0) is 19.4 Å². The fraction of sp³-hybridized carbons (Fsp3) is 0.467. The van der Waals surface area contributed by atoms with E-state index in [4.69, 9.17) is 0 Å². The Kier molecular flexibility index (Phi) is 4.27. The number of allylic oxidation sites excluding steroid dienone is 1. The van der Waals surface area contributed by atoms with Gasteiger partial charge in [-0.25, -0.2) is 4.79 Å². The van der Waals surface area contributed by atoms with Crippen molar-refractivity contribution in [1.29, 1.82) is 0 Å². The molecular weight excluding hydrogens is 254 g/mol. The fourth-order valence-corrected chi connectivity index (χ4v) is 2.58. The Labute approximate surface area is 118 Å². The van der Waals surface area contributed by atoms with Crippen LogP contribution in [0.25, 0.3) is 0 Å². The Bertz CT molecular complexity index is 575. The summed E-state index contributed by atoms with van der Waals surface area (Å²) in [7, 11) is 3.46. The van der Waals surface area contributed by atoms with Crippen molar-refractivity contribution in [3.63, 3.8) is 0 Å². The molecule has 0 unspecified atom stereocenters. The molecule has 1 aromatic heterocycles. The number of carbonyl (C=O) groups is 1. The van der Waals surface area contributed by atoms with Gasteiger partial charge in [-0.15, -0.1) is 6.58 Å². The van der Waals surface area contributed by atoms with Crippen molar-refractivity contribution in [3.8, 4) is 0 Å². The first-order valence-electron chi connectivity index (χ1n) is 6.83. The minimum Gasteiger partial charge on any atom is -0.335 e. The second kappa shape index (κ2) is 5.94. The van der Waals surface area contributed by atoms with Crippen molar-refractivity contribution < 1.29 is 4.79 Å². The van der Waals surface area contributed by atoms with Gasteiger partial charge in [-0.3, -0.25) is 4.79 Å². The lowest BCUT2D eigenvalue weighted by Gasteiger charge is -2.28. The number of amides is 2. The van der Waals surface area contributed by atoms with Crippen LogP contribution in [0.2, 0.25) is 0 Å². The molecule has 1 aliphatic carbocycles. The van der Waals surface area contributed by atoms with E-state index in [9.17, 15) is 9.59 Å². The lowest BCUT2D eigenvalue weighted by Crippen LogP contribution is -2.44. The van der Waals surface area contributed by atoms with Gasteiger partial charge in [-0.05, 0) is 24.8 Å². The van der Waals surface area contributed by atoms with Gasteiger partial charge < -0.3 is 14.8 Å². The van der Waals surface area contributed by atoms with Gasteiger partial charge in [0.25, 0.3) is 5.56 Å². The molecular formula is C15H21N3O2. The van der Waals surface area contributed by atoms with Crippen molar-refractivity contribution in [2.45, 2.75) is 31.8 Å². The van der Waals surface area contributed by atoms with Crippen molar-refractivity contribution >= 4 is 6.03 Å². The van der Waals surface area contributed by atoms with E-state index < -0.39 is 0 Å². The van der Waals surface area contributed by atoms with Gasteiger partial charge in [-0.1, -0.05) is 12.1 Å². The van der Waals surface area contributed by atoms with Crippen LogP contribution >= 0.6 is 0 Å². The van der Waals surface area contributed by atoms with E-state index in [0.717, 1.165) is 30.5 Å². The molecule has 5 nitrogen and oxygen atoms in total. The molecule has 0 radical (unpaired) electrons. The molecule has 0 aromatic carbocycles. The van der Waals surface area contributed by atoms with Gasteiger partial charge in [0.15, 0.2) is 0 Å². The Morgan fingerprint density at radius 1 is 1.55 bits per heavy atom. The predicted molar refractivity (Wildman–Crippen MR) is 78.9 cm³/mol. The number of aromatic nitrogens is 1. The largest absolute Gasteiger partial charge is 0.335 e. The van der Waals surface area contributed by atoms with Gasteiger partial charge >= 0.3 is 6.03 Å². The molecule has 108 valence electrons. The Balaban J connectivity index is 2.19. The van der Waals surface area contributed by atoms with Crippen LogP contribution in [0, 0.1) is 0 Å². The van der Waals surface area contributed by atoms with E-state index in [2.05, 4.69) is 11.9 Å². The van der Waals surface area contributed by atoms with E-state index in [1.165, 1.54) is 4.90 Å². The average Bonchev–Trinajstić information content (AvgIpc) is 2.42. The van der Waals surface area contributed by atoms with Gasteiger partial charge in [0.05, 0.1) is 0 Å². The van der Waals surface area contributed by atoms with Crippen molar-refractivity contribution in [1.82, 2.24) is 14.8 Å². The van der Waals surface area contributed by atoms with Crippen LogP contribution in [0.4, 0.5) is 4.79 Å². The molecule has 1 atom stereocenters. The molecule has 1 N–H and O–H groups in total. The van der Waals surface area contributed by atoms with E-state index in [1.54, 1.807) is 30.8 Å². The minimum atomic E-state index is -0.0714. The third-order valence-corrected chi connectivity index (χ3v) is 3.63. The van der Waals surface area contributed by atoms with E-state index >= 15 is 0 Å². The van der Waals surface area contributed by atoms with Crippen LogP contribution in [0.1, 0.15) is 17.7 Å². The summed E-state index contributed by atoms with van der Waals surface area (Å²) in [5.74, 6) is 0. The molecule has 0 fully saturated rings. The molecule has 2 rings (SSSR count). The van der Waals surface area contributed by atoms with Crippen LogP contribution in [-0.4, -0.2) is 35.6 Å². The smallest absolute Gasteiger partial charge is 0.317 e. The molecule has 0 bridgehead atoms. The van der Waals surface area contributed by atoms with Gasteiger partial charge in [0.2, 0.25) is 0 Å². The normalized spacial score (nSPS) is 17.2. The number of hydrogen-bond donors (Lipinski definition) is 1. The zero-order valence-electron chi connectivity index (χ0n) is 12.1. The van der Waals surface area contributed by atoms with Crippen LogP contribution in [0.3, 0.4) is 0 Å². The number of nitrogens with one attached hydrogen (secondary N) is 1. The molecule has 0 saturated heterocycles. The monoisotopic (exact) mass is 275 g/mol. The summed E-state index contributed by atoms with van der Waals surface area (Å²) in [6, 6.07) is 3.54. The molecule has 0 spiro atoms. The Morgan fingerprint density at radius 3 is 2.95 bits per heavy atom. The van der Waals surface area contributed by atoms with Crippen LogP contribution < -0.4 is 10.9 Å². The molecule has 2 amide bonds. The van der Waals surface area contributed by atoms with Gasteiger partial charge in [0, 0.05) is 38.4 Å². The zero-order chi connectivity index (χ0) is 14.7. The first kappa shape index (κ1) is 14.4. The summed E-state index contributed by atoms with van der Waals surface area (Å²) in [6.07, 6.45) is 4.17. The molecule has 1 aliphatic rings. The van der Waals surface area contributed by atoms with Crippen molar-refractivity contribution in [2.24, 2.45) is 0 Å². The maximum atomic E-state index is 11.9. The molecule has 1 heterocycles. The SMILES string of the molecule is C=CCn1c2c(ccc1=O)C[C@H](NC(=O)N(C)C)CC2. The number of rotatable bonds is 3. The lowest BCUT2D eigenvalue weighted by atomic mass is 9.91. The molecule has 5 heteroatoms. The Hall–Kier alpha value is -2.04. The summed E-state index contributed by atoms with van der Waals surface area (Å²) < 4.78 is 1.77. The molecule has 1 aromatic rings. The lowest BCUT2D eigenvalue weighted by molar-refractivity contribution is 0.211. The third-order valence-electron chi connectivity index (χ3n) is 3.63. The summed E-state index contributed by atoms with van der Waals surface area (Å²) in [5, 5.41) is 3.00. The zero-order valence-corrected chi connectivity index (χ0v) is 12.1. The standard InChI is InChI=1S/C15H21N3O2/c1-4-9-18-13-7-6-12(16-15(20)17(2)3)10-11(13)5-8-14(18)19/h4-5,8,12H,1,6-7,9-10H2,2-3H3,(H,16,20)/t12-/m1/s1. The number of fused-ring (bicyclic) bond motifs is 1. The molecule has 20 heavy (non-hydrogen) atoms. The summed E-state index contributed by atoms with van der Waals surface area (Å²) in [4.78, 5) is 25.1. The van der Waals surface area contributed by atoms with Gasteiger partial charge in [-0.2, -0.15) is 0 Å². The minimum absolute atomic E-state index is 0.0134. The predicted octanol–water partition coefficient (Wildman–Crippen LogP) is 1.16. The van der Waals surface area contributed by atoms with Gasteiger partial charge in [0.1, 0.15) is 0 Å². The summed E-state index contributed by atoms with van der Waals surface area (Å²) in [5.41, 5.74) is 2.23. The molecule has 0 saturated carbocycles. The number of pyridine rings is 1. The number of urea groups is 1. The highest BCUT2D eigenvalue weighted by Gasteiger charge is 2.22. The van der Waals surface area contributed by atoms with E-state index in [0.29, 0.717) is 6.54 Å². The first-order chi connectivity index (χ1) is 9.52. The third kappa shape index (κ3) is 2.92. The van der Waals surface area contributed by atoms with Crippen molar-refractivity contribution in [2.75, 3.05) is 14.1 Å². The molecule has 0 aliphatic heterocycles. The maximum Gasteiger partial charge on any atom is 0.317 e. The summed E-state index contributed by atoms with van der Waals surface area (Å²) in [6.45, 7) is 4.24. The van der Waals surface area contributed by atoms with Crippen LogP contribution in [0.15, 0.2) is 29.6 Å². The average molecular weight is 275 g/mol. The first-order valence-corrected chi connectivity index (χ1v) is 6.83. The summed E-state index contributed by atoms with van der Waals surface area (Å²) >= 11 is 0. The fourth-order valence-electron chi connectivity index (χ4n) is 2.58. The second-order valence-electron chi connectivity index (χ2n) is 5.33. The van der Waals surface area contributed by atoms with E-state index in [-0.39, 0.29) is 17.6 Å². The van der Waals surface area contributed by atoms with E-state index in [1.807, 2.05) is 6.07 Å². The number of hydrogen-bond acceptors (Lipinski definition) is 2. The highest BCUT2D eigenvalue weighted by molar-refractivity contribution is 5.73. The maximum absolute atomic E-state index is 11.9. The van der Waals surface area contributed by atoms with Crippen molar-refractivity contribution in [3.05, 3.63) is 46.4 Å². The topological polar surface area (TPSA) is 54.3 Å². The Morgan fingerprint density at radius 2 is 2.30 bits per heavy atom. The highest BCUT2D eigenvalue weighted by atomic mass is 16.2. The van der Waals surface area contributed by atoms with Crippen LogP contribution in [0.5, 0.6) is 0 Å². The second-order valence-corrected chi connectivity index (χ2v) is 5.33. The highest BCUT2D eigenvalue weighted by Crippen LogP contribution is 2.20. The number of nitrogens with zero attached hydrogens (tertiary/aromatic N) is 2. The number of carbonyl (C=O) groups excluding carboxylic acids is 1. The quantitative estimate of drug-likeness (QED) is 0.842.